The van der Waals surface area contributed by atoms with Gasteiger partial charge in [-0.2, -0.15) is 5.26 Å². The number of benzene rings is 1. The molecule has 0 radical (unpaired) electrons. The van der Waals surface area contributed by atoms with Gasteiger partial charge in [-0.1, -0.05) is 18.2 Å². The Bertz CT molecular complexity index is 890. The van der Waals surface area contributed by atoms with Gasteiger partial charge >= 0.3 is 0 Å². The van der Waals surface area contributed by atoms with Crippen LogP contribution in [0, 0.1) is 11.3 Å². The maximum absolute atomic E-state index is 9.70. The number of aromatic amines is 1. The van der Waals surface area contributed by atoms with Crippen LogP contribution in [0.15, 0.2) is 53.7 Å². The van der Waals surface area contributed by atoms with Gasteiger partial charge in [-0.3, -0.25) is 0 Å². The fourth-order valence-electron chi connectivity index (χ4n) is 2.64. The number of fused-ring (bicyclic) bond motifs is 1. The summed E-state index contributed by atoms with van der Waals surface area (Å²) in [6.07, 6.45) is 1.70. The zero-order chi connectivity index (χ0) is 15.6. The number of imidazole rings is 1. The van der Waals surface area contributed by atoms with E-state index in [4.69, 9.17) is 0 Å². The number of hydrogen-bond donors (Lipinski definition) is 1. The highest BCUT2D eigenvalue weighted by molar-refractivity contribution is 8.03. The Morgan fingerprint density at radius 3 is 2.87 bits per heavy atom. The van der Waals surface area contributed by atoms with Crippen molar-refractivity contribution in [2.24, 2.45) is 0 Å². The quantitative estimate of drug-likeness (QED) is 0.733. The number of nitriles is 1. The summed E-state index contributed by atoms with van der Waals surface area (Å²) in [6, 6.07) is 16.2. The molecule has 0 spiro atoms. The van der Waals surface area contributed by atoms with E-state index in [1.807, 2.05) is 30.3 Å². The molecule has 5 nitrogen and oxygen atoms in total. The minimum atomic E-state index is 0.564. The second kappa shape index (κ2) is 5.78. The lowest BCUT2D eigenvalue weighted by molar-refractivity contribution is 1.05. The number of aromatic nitrogens is 3. The molecule has 1 aliphatic rings. The fourth-order valence-corrected chi connectivity index (χ4v) is 3.75. The molecule has 0 saturated carbocycles. The molecule has 1 N–H and O–H groups in total. The molecule has 3 heterocycles. The first-order valence-corrected chi connectivity index (χ1v) is 8.26. The predicted molar refractivity (Wildman–Crippen MR) is 92.7 cm³/mol. The van der Waals surface area contributed by atoms with E-state index in [0.717, 1.165) is 28.5 Å². The summed E-state index contributed by atoms with van der Waals surface area (Å²) in [4.78, 5) is 14.1. The van der Waals surface area contributed by atoms with Gasteiger partial charge in [0.15, 0.2) is 11.5 Å². The van der Waals surface area contributed by atoms with Crippen LogP contribution >= 0.6 is 11.8 Å². The fraction of sp³-hybridized carbons (Fsp3) is 0.118. The van der Waals surface area contributed by atoms with Crippen molar-refractivity contribution in [3.63, 3.8) is 0 Å². The van der Waals surface area contributed by atoms with Crippen molar-refractivity contribution in [2.45, 2.75) is 0 Å². The number of allylic oxidation sites excluding steroid dienone is 1. The number of nitrogens with one attached hydrogen (secondary N) is 1. The van der Waals surface area contributed by atoms with Crippen molar-refractivity contribution >= 4 is 34.2 Å². The van der Waals surface area contributed by atoms with Crippen LogP contribution in [-0.2, 0) is 0 Å². The van der Waals surface area contributed by atoms with E-state index < -0.39 is 0 Å². The van der Waals surface area contributed by atoms with E-state index >= 15 is 0 Å². The molecule has 0 amide bonds. The van der Waals surface area contributed by atoms with Crippen LogP contribution in [0.1, 0.15) is 5.82 Å². The van der Waals surface area contributed by atoms with Gasteiger partial charge in [-0.15, -0.1) is 11.8 Å². The molecule has 0 bridgehead atoms. The van der Waals surface area contributed by atoms with Gasteiger partial charge in [0.2, 0.25) is 0 Å². The Kier molecular flexibility index (Phi) is 3.48. The van der Waals surface area contributed by atoms with Crippen molar-refractivity contribution in [1.82, 2.24) is 15.0 Å². The SMILES string of the molecule is N#CC(=C1SCCN1c1ccccc1)c1nc2ncccc2[nH]1. The van der Waals surface area contributed by atoms with Crippen LogP contribution in [0.5, 0.6) is 0 Å². The van der Waals surface area contributed by atoms with E-state index in [-0.39, 0.29) is 0 Å². The zero-order valence-corrected chi connectivity index (χ0v) is 13.0. The third-order valence-corrected chi connectivity index (χ3v) is 4.77. The lowest BCUT2D eigenvalue weighted by Gasteiger charge is -2.19. The molecular weight excluding hydrogens is 306 g/mol. The Hall–Kier alpha value is -2.78. The van der Waals surface area contributed by atoms with Crippen molar-refractivity contribution in [3.8, 4) is 6.07 Å². The minimum Gasteiger partial charge on any atom is -0.336 e. The Balaban J connectivity index is 1.83. The van der Waals surface area contributed by atoms with Crippen LogP contribution in [-0.4, -0.2) is 27.2 Å². The number of nitrogens with zero attached hydrogens (tertiary/aromatic N) is 4. The van der Waals surface area contributed by atoms with Crippen molar-refractivity contribution < 1.29 is 0 Å². The Morgan fingerprint density at radius 1 is 1.22 bits per heavy atom. The first-order chi connectivity index (χ1) is 11.4. The monoisotopic (exact) mass is 319 g/mol. The van der Waals surface area contributed by atoms with E-state index in [1.165, 1.54) is 0 Å². The van der Waals surface area contributed by atoms with Crippen molar-refractivity contribution in [1.29, 1.82) is 5.26 Å². The molecule has 4 rings (SSSR count). The van der Waals surface area contributed by atoms with Crippen LogP contribution in [0.25, 0.3) is 16.7 Å². The number of thioether (sulfide) groups is 1. The topological polar surface area (TPSA) is 68.6 Å². The smallest absolute Gasteiger partial charge is 0.178 e. The van der Waals surface area contributed by atoms with E-state index in [9.17, 15) is 5.26 Å². The summed E-state index contributed by atoms with van der Waals surface area (Å²) >= 11 is 1.69. The lowest BCUT2D eigenvalue weighted by atomic mass is 10.2. The standard InChI is InChI=1S/C17H13N5S/c18-11-13(15-20-14-7-4-8-19-16(14)21-15)17-22(9-10-23-17)12-5-2-1-3-6-12/h1-8H,9-10H2,(H,19,20,21). The highest BCUT2D eigenvalue weighted by atomic mass is 32.2. The van der Waals surface area contributed by atoms with Crippen molar-refractivity contribution in [3.05, 3.63) is 59.5 Å². The summed E-state index contributed by atoms with van der Waals surface area (Å²) in [5, 5.41) is 10.6. The number of H-pyrrole nitrogens is 1. The van der Waals surface area contributed by atoms with Gasteiger partial charge in [0, 0.05) is 24.2 Å². The zero-order valence-electron chi connectivity index (χ0n) is 12.2. The normalized spacial score (nSPS) is 16.6. The molecule has 0 unspecified atom stereocenters. The molecule has 1 aliphatic heterocycles. The molecule has 6 heteroatoms. The Morgan fingerprint density at radius 2 is 2.09 bits per heavy atom. The third-order valence-electron chi connectivity index (χ3n) is 3.69. The predicted octanol–water partition coefficient (Wildman–Crippen LogP) is 3.40. The molecule has 0 atom stereocenters. The second-order valence-corrected chi connectivity index (χ2v) is 6.17. The van der Waals surface area contributed by atoms with E-state index in [2.05, 4.69) is 38.1 Å². The number of anilines is 1. The van der Waals surface area contributed by atoms with Crippen molar-refractivity contribution in [2.75, 3.05) is 17.2 Å². The average Bonchev–Trinajstić information content (AvgIpc) is 3.23. The van der Waals surface area contributed by atoms with E-state index in [1.54, 1.807) is 18.0 Å². The maximum Gasteiger partial charge on any atom is 0.178 e. The molecule has 2 aromatic heterocycles. The first-order valence-electron chi connectivity index (χ1n) is 7.27. The summed E-state index contributed by atoms with van der Waals surface area (Å²) in [6.45, 7) is 0.883. The molecular formula is C17H13N5S. The van der Waals surface area contributed by atoms with E-state index in [0.29, 0.717) is 17.0 Å². The molecule has 23 heavy (non-hydrogen) atoms. The Labute approximate surface area is 137 Å². The van der Waals surface area contributed by atoms with Crippen LogP contribution in [0.3, 0.4) is 0 Å². The lowest BCUT2D eigenvalue weighted by Crippen LogP contribution is -2.17. The highest BCUT2D eigenvalue weighted by Crippen LogP contribution is 2.37. The van der Waals surface area contributed by atoms with Gasteiger partial charge in [-0.25, -0.2) is 9.97 Å². The van der Waals surface area contributed by atoms with Gasteiger partial charge in [0.1, 0.15) is 11.6 Å². The average molecular weight is 319 g/mol. The molecule has 112 valence electrons. The summed E-state index contributed by atoms with van der Waals surface area (Å²) < 4.78 is 0. The first kappa shape index (κ1) is 13.9. The summed E-state index contributed by atoms with van der Waals surface area (Å²) in [7, 11) is 0. The largest absolute Gasteiger partial charge is 0.336 e. The molecule has 0 aliphatic carbocycles. The minimum absolute atomic E-state index is 0.564. The molecule has 3 aromatic rings. The highest BCUT2D eigenvalue weighted by Gasteiger charge is 2.25. The van der Waals surface area contributed by atoms with Crippen LogP contribution < -0.4 is 4.90 Å². The number of hydrogen-bond acceptors (Lipinski definition) is 5. The van der Waals surface area contributed by atoms with Crippen LogP contribution in [0.4, 0.5) is 5.69 Å². The third kappa shape index (κ3) is 2.45. The van der Waals surface area contributed by atoms with Gasteiger partial charge in [0.25, 0.3) is 0 Å². The molecule has 1 aromatic carbocycles. The molecule has 1 saturated heterocycles. The van der Waals surface area contributed by atoms with Gasteiger partial charge in [-0.05, 0) is 24.3 Å². The number of rotatable bonds is 2. The van der Waals surface area contributed by atoms with Gasteiger partial charge in [0.05, 0.1) is 10.5 Å². The summed E-state index contributed by atoms with van der Waals surface area (Å²) in [5.41, 5.74) is 3.12. The summed E-state index contributed by atoms with van der Waals surface area (Å²) in [5.74, 6) is 1.53. The van der Waals surface area contributed by atoms with Crippen LogP contribution in [0.2, 0.25) is 0 Å². The number of pyridine rings is 1. The maximum atomic E-state index is 9.70. The second-order valence-electron chi connectivity index (χ2n) is 5.09. The number of para-hydroxylation sites is 1. The van der Waals surface area contributed by atoms with Gasteiger partial charge < -0.3 is 9.88 Å². The molecule has 1 fully saturated rings.